The maximum Gasteiger partial charge on any atom is 0.128 e. The van der Waals surface area contributed by atoms with Crippen LogP contribution in [-0.4, -0.2) is 0 Å². The lowest BCUT2D eigenvalue weighted by Crippen LogP contribution is -1.96. The fraction of sp³-hybridized carbons (Fsp3) is 0.333. The predicted octanol–water partition coefficient (Wildman–Crippen LogP) is 5.72. The van der Waals surface area contributed by atoms with Crippen molar-refractivity contribution in [3.8, 4) is 0 Å². The number of aryl methyl sites for hydroxylation is 2. The third-order valence-corrected chi connectivity index (χ3v) is 4.00. The summed E-state index contributed by atoms with van der Waals surface area (Å²) in [5.74, 6) is -0.231. The van der Waals surface area contributed by atoms with Crippen LogP contribution in [0.1, 0.15) is 42.0 Å². The molecule has 0 heterocycles. The van der Waals surface area contributed by atoms with Gasteiger partial charge >= 0.3 is 0 Å². The Morgan fingerprint density at radius 3 is 2.60 bits per heavy atom. The summed E-state index contributed by atoms with van der Waals surface area (Å²) in [5.41, 5.74) is 4.35. The van der Waals surface area contributed by atoms with E-state index in [-0.39, 0.29) is 5.82 Å². The molecule has 0 unspecified atom stereocenters. The second-order valence-electron chi connectivity index (χ2n) is 5.24. The van der Waals surface area contributed by atoms with Crippen LogP contribution in [-0.2, 0) is 12.8 Å². The third-order valence-electron chi connectivity index (χ3n) is 3.65. The van der Waals surface area contributed by atoms with Crippen LogP contribution in [0.3, 0.4) is 0 Å². The van der Waals surface area contributed by atoms with Crippen molar-refractivity contribution < 1.29 is 4.39 Å². The van der Waals surface area contributed by atoms with Gasteiger partial charge in [0, 0.05) is 17.0 Å². The zero-order chi connectivity index (χ0) is 14.5. The van der Waals surface area contributed by atoms with Crippen molar-refractivity contribution in [2.45, 2.75) is 39.5 Å². The highest BCUT2D eigenvalue weighted by atomic mass is 35.5. The minimum atomic E-state index is -0.231. The smallest absolute Gasteiger partial charge is 0.128 e. The summed E-state index contributed by atoms with van der Waals surface area (Å²) in [7, 11) is 0. The highest BCUT2D eigenvalue weighted by molar-refractivity contribution is 6.31. The normalized spacial score (nSPS) is 10.8. The van der Waals surface area contributed by atoms with Gasteiger partial charge in [-0.25, -0.2) is 4.39 Å². The minimum Gasteiger partial charge on any atom is -0.207 e. The third kappa shape index (κ3) is 3.61. The van der Waals surface area contributed by atoms with Gasteiger partial charge in [-0.2, -0.15) is 0 Å². The van der Waals surface area contributed by atoms with Crippen LogP contribution in [0.2, 0.25) is 5.02 Å². The summed E-state index contributed by atoms with van der Waals surface area (Å²) >= 11 is 6.08. The fourth-order valence-corrected chi connectivity index (χ4v) is 2.65. The summed E-state index contributed by atoms with van der Waals surface area (Å²) in [5, 5.41) is 0.498. The number of benzene rings is 2. The van der Waals surface area contributed by atoms with Gasteiger partial charge in [0.25, 0.3) is 0 Å². The lowest BCUT2D eigenvalue weighted by atomic mass is 9.97. The van der Waals surface area contributed by atoms with E-state index in [9.17, 15) is 4.39 Å². The Bertz CT molecular complexity index is 570. The van der Waals surface area contributed by atoms with Crippen LogP contribution in [0.15, 0.2) is 36.4 Å². The van der Waals surface area contributed by atoms with Gasteiger partial charge in [0.15, 0.2) is 0 Å². The standard InChI is InChI=1S/C18H20ClF/c1-3-4-6-15-10-9-14(11-13(15)2)12-16-17(19)7-5-8-18(16)20/h5,7-11H,3-4,6,12H2,1-2H3. The van der Waals surface area contributed by atoms with Crippen molar-refractivity contribution in [2.75, 3.05) is 0 Å². The molecule has 2 rings (SSSR count). The predicted molar refractivity (Wildman–Crippen MR) is 84.0 cm³/mol. The molecule has 0 fully saturated rings. The lowest BCUT2D eigenvalue weighted by Gasteiger charge is -2.10. The summed E-state index contributed by atoms with van der Waals surface area (Å²) in [4.78, 5) is 0. The average Bonchev–Trinajstić information content (AvgIpc) is 2.42. The molecule has 2 aromatic rings. The van der Waals surface area contributed by atoms with Crippen LogP contribution in [0.5, 0.6) is 0 Å². The zero-order valence-corrected chi connectivity index (χ0v) is 12.8. The second kappa shape index (κ2) is 6.90. The lowest BCUT2D eigenvalue weighted by molar-refractivity contribution is 0.614. The summed E-state index contributed by atoms with van der Waals surface area (Å²) in [6.45, 7) is 4.32. The summed E-state index contributed by atoms with van der Waals surface area (Å²) < 4.78 is 13.8. The van der Waals surface area contributed by atoms with Crippen LogP contribution in [0.4, 0.5) is 4.39 Å². The van der Waals surface area contributed by atoms with Gasteiger partial charge < -0.3 is 0 Å². The van der Waals surface area contributed by atoms with E-state index in [0.29, 0.717) is 17.0 Å². The summed E-state index contributed by atoms with van der Waals surface area (Å²) in [6, 6.07) is 11.2. The maximum absolute atomic E-state index is 13.8. The number of rotatable bonds is 5. The van der Waals surface area contributed by atoms with Crippen molar-refractivity contribution in [3.63, 3.8) is 0 Å². The Balaban J connectivity index is 2.20. The molecule has 0 radical (unpaired) electrons. The van der Waals surface area contributed by atoms with Gasteiger partial charge in [-0.1, -0.05) is 49.2 Å². The number of halogens is 2. The van der Waals surface area contributed by atoms with Crippen molar-refractivity contribution in [1.29, 1.82) is 0 Å². The molecule has 0 saturated carbocycles. The number of unbranched alkanes of at least 4 members (excludes halogenated alkanes) is 1. The van der Waals surface area contributed by atoms with E-state index in [1.807, 2.05) is 0 Å². The molecular formula is C18H20ClF. The SMILES string of the molecule is CCCCc1ccc(Cc2c(F)cccc2Cl)cc1C. The molecule has 0 aliphatic heterocycles. The van der Waals surface area contributed by atoms with Gasteiger partial charge in [0.2, 0.25) is 0 Å². The van der Waals surface area contributed by atoms with Crippen LogP contribution < -0.4 is 0 Å². The van der Waals surface area contributed by atoms with Crippen molar-refractivity contribution in [1.82, 2.24) is 0 Å². The summed E-state index contributed by atoms with van der Waals surface area (Å²) in [6.07, 6.45) is 4.06. The second-order valence-corrected chi connectivity index (χ2v) is 5.65. The molecule has 2 aromatic carbocycles. The van der Waals surface area contributed by atoms with Gasteiger partial charge in [-0.3, -0.25) is 0 Å². The quantitative estimate of drug-likeness (QED) is 0.660. The van der Waals surface area contributed by atoms with Crippen molar-refractivity contribution in [3.05, 3.63) is 69.5 Å². The van der Waals surface area contributed by atoms with Crippen molar-refractivity contribution >= 4 is 11.6 Å². The molecule has 0 aliphatic carbocycles. The highest BCUT2D eigenvalue weighted by Crippen LogP contribution is 2.23. The first kappa shape index (κ1) is 15.1. The molecule has 0 aliphatic rings. The molecule has 0 nitrogen and oxygen atoms in total. The number of hydrogen-bond acceptors (Lipinski definition) is 0. The van der Waals surface area contributed by atoms with Gasteiger partial charge in [-0.05, 0) is 48.6 Å². The largest absolute Gasteiger partial charge is 0.207 e. The Morgan fingerprint density at radius 1 is 1.15 bits per heavy atom. The van der Waals surface area contributed by atoms with Crippen LogP contribution in [0.25, 0.3) is 0 Å². The molecule has 20 heavy (non-hydrogen) atoms. The van der Waals surface area contributed by atoms with E-state index in [1.165, 1.54) is 30.0 Å². The van der Waals surface area contributed by atoms with E-state index in [1.54, 1.807) is 12.1 Å². The molecule has 0 N–H and O–H groups in total. The van der Waals surface area contributed by atoms with Crippen LogP contribution >= 0.6 is 11.6 Å². The Kier molecular flexibility index (Phi) is 5.19. The Labute approximate surface area is 125 Å². The average molecular weight is 291 g/mol. The first-order chi connectivity index (χ1) is 9.61. The fourth-order valence-electron chi connectivity index (χ4n) is 2.42. The minimum absolute atomic E-state index is 0.231. The molecule has 0 aromatic heterocycles. The first-order valence-corrected chi connectivity index (χ1v) is 7.51. The van der Waals surface area contributed by atoms with Gasteiger partial charge in [-0.15, -0.1) is 0 Å². The van der Waals surface area contributed by atoms with E-state index >= 15 is 0 Å². The van der Waals surface area contributed by atoms with Crippen LogP contribution in [0, 0.1) is 12.7 Å². The molecule has 0 bridgehead atoms. The van der Waals surface area contributed by atoms with Gasteiger partial charge in [0.05, 0.1) is 0 Å². The topological polar surface area (TPSA) is 0 Å². The van der Waals surface area contributed by atoms with E-state index < -0.39 is 0 Å². The molecule has 2 heteroatoms. The molecule has 0 amide bonds. The molecule has 0 saturated heterocycles. The maximum atomic E-state index is 13.8. The van der Waals surface area contributed by atoms with E-state index in [0.717, 1.165) is 12.0 Å². The molecule has 106 valence electrons. The first-order valence-electron chi connectivity index (χ1n) is 7.13. The highest BCUT2D eigenvalue weighted by Gasteiger charge is 2.08. The van der Waals surface area contributed by atoms with E-state index in [2.05, 4.69) is 32.0 Å². The molecular weight excluding hydrogens is 271 g/mol. The number of hydrogen-bond donors (Lipinski definition) is 0. The zero-order valence-electron chi connectivity index (χ0n) is 12.0. The Hall–Kier alpha value is -1.34. The Morgan fingerprint density at radius 2 is 1.95 bits per heavy atom. The molecule has 0 spiro atoms. The van der Waals surface area contributed by atoms with Crippen molar-refractivity contribution in [2.24, 2.45) is 0 Å². The van der Waals surface area contributed by atoms with E-state index in [4.69, 9.17) is 11.6 Å². The van der Waals surface area contributed by atoms with Gasteiger partial charge in [0.1, 0.15) is 5.82 Å². The molecule has 0 atom stereocenters. The monoisotopic (exact) mass is 290 g/mol.